The molecular formula is C19H27NO. The minimum absolute atomic E-state index is 0.223. The van der Waals surface area contributed by atoms with Crippen molar-refractivity contribution in [3.8, 4) is 0 Å². The van der Waals surface area contributed by atoms with Crippen LogP contribution < -0.4 is 0 Å². The molecule has 1 aromatic rings. The molecule has 0 amide bonds. The molecule has 2 heteroatoms. The average molecular weight is 285 g/mol. The monoisotopic (exact) mass is 285 g/mol. The van der Waals surface area contributed by atoms with Gasteiger partial charge in [-0.25, -0.2) is 0 Å². The molecule has 0 aromatic heterocycles. The van der Waals surface area contributed by atoms with Crippen LogP contribution >= 0.6 is 0 Å². The number of nitrogens with zero attached hydrogens (tertiary/aromatic N) is 1. The first-order valence-electron chi connectivity index (χ1n) is 8.42. The molecule has 2 nitrogen and oxygen atoms in total. The average Bonchev–Trinajstić information content (AvgIpc) is 3.14. The second kappa shape index (κ2) is 4.57. The fraction of sp³-hybridized carbons (Fsp3) is 0.684. The lowest BCUT2D eigenvalue weighted by Gasteiger charge is -2.40. The van der Waals surface area contributed by atoms with E-state index in [9.17, 15) is 0 Å². The van der Waals surface area contributed by atoms with E-state index < -0.39 is 0 Å². The Kier molecular flexibility index (Phi) is 3.00. The molecule has 1 aliphatic carbocycles. The molecule has 21 heavy (non-hydrogen) atoms. The Balaban J connectivity index is 1.71. The molecule has 3 aliphatic rings. The summed E-state index contributed by atoms with van der Waals surface area (Å²) in [5.41, 5.74) is 3.86. The van der Waals surface area contributed by atoms with E-state index in [0.717, 1.165) is 19.1 Å². The highest BCUT2D eigenvalue weighted by molar-refractivity contribution is 5.37. The number of likely N-dealkylation sites (tertiary alicyclic amines) is 1. The molecule has 1 spiro atoms. The molecule has 1 unspecified atom stereocenters. The van der Waals surface area contributed by atoms with Crippen LogP contribution in [0.5, 0.6) is 0 Å². The molecule has 0 N–H and O–H groups in total. The summed E-state index contributed by atoms with van der Waals surface area (Å²) in [6.45, 7) is 10.2. The van der Waals surface area contributed by atoms with Gasteiger partial charge >= 0.3 is 0 Å². The molecule has 1 saturated carbocycles. The van der Waals surface area contributed by atoms with Gasteiger partial charge in [0, 0.05) is 23.5 Å². The Morgan fingerprint density at radius 3 is 2.29 bits per heavy atom. The van der Waals surface area contributed by atoms with Gasteiger partial charge in [-0.05, 0) is 57.1 Å². The third kappa shape index (κ3) is 2.33. The summed E-state index contributed by atoms with van der Waals surface area (Å²) in [5, 5.41) is 0. The van der Waals surface area contributed by atoms with Gasteiger partial charge in [0.05, 0.1) is 13.2 Å². The molecule has 2 aliphatic heterocycles. The highest BCUT2D eigenvalue weighted by Gasteiger charge is 2.52. The molecule has 4 rings (SSSR count). The third-order valence-corrected chi connectivity index (χ3v) is 5.56. The van der Waals surface area contributed by atoms with E-state index in [1.165, 1.54) is 25.8 Å². The summed E-state index contributed by atoms with van der Waals surface area (Å²) in [5.74, 6) is 0.831. The SMILES string of the molecule is CC(C)(C)N1CC2(COC2)CC1c1ccccc1C1CC1. The van der Waals surface area contributed by atoms with Crippen LogP contribution in [0.15, 0.2) is 24.3 Å². The van der Waals surface area contributed by atoms with Crippen molar-refractivity contribution in [2.24, 2.45) is 5.41 Å². The highest BCUT2D eigenvalue weighted by atomic mass is 16.5. The van der Waals surface area contributed by atoms with E-state index in [2.05, 4.69) is 49.9 Å². The van der Waals surface area contributed by atoms with Crippen molar-refractivity contribution in [3.05, 3.63) is 35.4 Å². The number of hydrogen-bond acceptors (Lipinski definition) is 2. The van der Waals surface area contributed by atoms with E-state index in [-0.39, 0.29) is 5.54 Å². The van der Waals surface area contributed by atoms with Gasteiger partial charge in [-0.1, -0.05) is 24.3 Å². The first-order chi connectivity index (χ1) is 9.99. The highest BCUT2D eigenvalue weighted by Crippen LogP contribution is 2.52. The Morgan fingerprint density at radius 1 is 1.10 bits per heavy atom. The first kappa shape index (κ1) is 13.8. The van der Waals surface area contributed by atoms with Crippen LogP contribution in [-0.4, -0.2) is 30.2 Å². The van der Waals surface area contributed by atoms with Crippen molar-refractivity contribution >= 4 is 0 Å². The van der Waals surface area contributed by atoms with Crippen LogP contribution in [0, 0.1) is 5.41 Å². The van der Waals surface area contributed by atoms with Crippen molar-refractivity contribution in [1.82, 2.24) is 4.90 Å². The summed E-state index contributed by atoms with van der Waals surface area (Å²) in [6, 6.07) is 9.77. The summed E-state index contributed by atoms with van der Waals surface area (Å²) < 4.78 is 5.57. The maximum absolute atomic E-state index is 5.57. The molecule has 1 aromatic carbocycles. The largest absolute Gasteiger partial charge is 0.380 e. The molecule has 2 heterocycles. The Hall–Kier alpha value is -0.860. The van der Waals surface area contributed by atoms with E-state index in [1.54, 1.807) is 11.1 Å². The zero-order valence-corrected chi connectivity index (χ0v) is 13.6. The fourth-order valence-electron chi connectivity index (χ4n) is 4.22. The van der Waals surface area contributed by atoms with Crippen molar-refractivity contribution in [2.45, 2.75) is 57.5 Å². The number of hydrogen-bond donors (Lipinski definition) is 0. The van der Waals surface area contributed by atoms with Gasteiger partial charge in [-0.15, -0.1) is 0 Å². The van der Waals surface area contributed by atoms with Crippen LogP contribution in [0.3, 0.4) is 0 Å². The van der Waals surface area contributed by atoms with Gasteiger partial charge < -0.3 is 4.74 Å². The summed E-state index contributed by atoms with van der Waals surface area (Å²) in [6.07, 6.45) is 4.04. The maximum atomic E-state index is 5.57. The van der Waals surface area contributed by atoms with Crippen LogP contribution in [0.1, 0.15) is 63.1 Å². The van der Waals surface area contributed by atoms with Gasteiger partial charge in [-0.2, -0.15) is 0 Å². The van der Waals surface area contributed by atoms with Crippen molar-refractivity contribution in [3.63, 3.8) is 0 Å². The van der Waals surface area contributed by atoms with Crippen LogP contribution in [0.25, 0.3) is 0 Å². The van der Waals surface area contributed by atoms with E-state index in [1.807, 2.05) is 0 Å². The lowest BCUT2D eigenvalue weighted by Crippen LogP contribution is -2.48. The van der Waals surface area contributed by atoms with Gasteiger partial charge in [0.2, 0.25) is 0 Å². The van der Waals surface area contributed by atoms with Gasteiger partial charge in [0.15, 0.2) is 0 Å². The normalized spacial score (nSPS) is 28.8. The Morgan fingerprint density at radius 2 is 1.76 bits per heavy atom. The topological polar surface area (TPSA) is 12.5 Å². The zero-order chi connectivity index (χ0) is 14.7. The van der Waals surface area contributed by atoms with Crippen LogP contribution in [-0.2, 0) is 4.74 Å². The van der Waals surface area contributed by atoms with Gasteiger partial charge in [0.1, 0.15) is 0 Å². The van der Waals surface area contributed by atoms with E-state index in [4.69, 9.17) is 4.74 Å². The number of ether oxygens (including phenoxy) is 1. The summed E-state index contributed by atoms with van der Waals surface area (Å²) in [7, 11) is 0. The van der Waals surface area contributed by atoms with E-state index >= 15 is 0 Å². The lowest BCUT2D eigenvalue weighted by atomic mass is 9.81. The predicted molar refractivity (Wildman–Crippen MR) is 85.5 cm³/mol. The van der Waals surface area contributed by atoms with Gasteiger partial charge in [0.25, 0.3) is 0 Å². The molecule has 2 saturated heterocycles. The molecule has 3 fully saturated rings. The van der Waals surface area contributed by atoms with Gasteiger partial charge in [-0.3, -0.25) is 4.90 Å². The smallest absolute Gasteiger partial charge is 0.0557 e. The standard InChI is InChI=1S/C19H27NO/c1-18(2,3)20-11-19(12-21-13-19)10-17(20)16-7-5-4-6-15(16)14-8-9-14/h4-7,14,17H,8-13H2,1-3H3. The fourth-order valence-corrected chi connectivity index (χ4v) is 4.22. The molecular weight excluding hydrogens is 258 g/mol. The van der Waals surface area contributed by atoms with Crippen molar-refractivity contribution in [2.75, 3.05) is 19.8 Å². The Labute approximate surface area is 128 Å². The molecule has 0 radical (unpaired) electrons. The minimum atomic E-state index is 0.223. The van der Waals surface area contributed by atoms with Crippen molar-refractivity contribution in [1.29, 1.82) is 0 Å². The first-order valence-corrected chi connectivity index (χ1v) is 8.42. The molecule has 0 bridgehead atoms. The maximum Gasteiger partial charge on any atom is 0.0557 e. The summed E-state index contributed by atoms with van der Waals surface area (Å²) in [4.78, 5) is 2.73. The Bertz CT molecular complexity index is 537. The second-order valence-electron chi connectivity index (χ2n) is 8.41. The second-order valence-corrected chi connectivity index (χ2v) is 8.41. The van der Waals surface area contributed by atoms with Crippen molar-refractivity contribution < 1.29 is 4.74 Å². The number of rotatable bonds is 2. The van der Waals surface area contributed by atoms with Crippen LogP contribution in [0.4, 0.5) is 0 Å². The molecule has 114 valence electrons. The minimum Gasteiger partial charge on any atom is -0.380 e. The van der Waals surface area contributed by atoms with Crippen LogP contribution in [0.2, 0.25) is 0 Å². The molecule has 1 atom stereocenters. The quantitative estimate of drug-likeness (QED) is 0.810. The zero-order valence-electron chi connectivity index (χ0n) is 13.6. The summed E-state index contributed by atoms with van der Waals surface area (Å²) >= 11 is 0. The van der Waals surface area contributed by atoms with E-state index in [0.29, 0.717) is 11.5 Å². The third-order valence-electron chi connectivity index (χ3n) is 5.56. The predicted octanol–water partition coefficient (Wildman–Crippen LogP) is 4.13. The number of benzene rings is 1. The lowest BCUT2D eigenvalue weighted by molar-refractivity contribution is -0.107.